The van der Waals surface area contributed by atoms with Crippen LogP contribution in [0, 0.1) is 11.8 Å². The fourth-order valence-corrected chi connectivity index (χ4v) is 1.78. The van der Waals surface area contributed by atoms with Crippen molar-refractivity contribution in [3.05, 3.63) is 11.6 Å². The third kappa shape index (κ3) is 0.889. The third-order valence-corrected chi connectivity index (χ3v) is 2.63. The lowest BCUT2D eigenvalue weighted by atomic mass is 9.61. The van der Waals surface area contributed by atoms with Gasteiger partial charge in [0.25, 0.3) is 0 Å². The molecule has 11 heavy (non-hydrogen) atoms. The van der Waals surface area contributed by atoms with Gasteiger partial charge >= 0.3 is 5.97 Å². The largest absolute Gasteiger partial charge is 0.463 e. The third-order valence-electron chi connectivity index (χ3n) is 2.63. The summed E-state index contributed by atoms with van der Waals surface area (Å²) in [7, 11) is 0. The molecule has 2 aliphatic rings. The van der Waals surface area contributed by atoms with Crippen LogP contribution in [-0.4, -0.2) is 12.6 Å². The van der Waals surface area contributed by atoms with E-state index < -0.39 is 0 Å². The monoisotopic (exact) mass is 152 g/mol. The average Bonchev–Trinajstić information content (AvgIpc) is 1.95. The van der Waals surface area contributed by atoms with Crippen molar-refractivity contribution in [2.75, 3.05) is 6.61 Å². The Labute approximate surface area is 66.2 Å². The molecule has 0 radical (unpaired) electrons. The van der Waals surface area contributed by atoms with Gasteiger partial charge in [-0.25, -0.2) is 4.79 Å². The minimum atomic E-state index is -0.0894. The van der Waals surface area contributed by atoms with Crippen molar-refractivity contribution in [1.82, 2.24) is 0 Å². The summed E-state index contributed by atoms with van der Waals surface area (Å²) in [5.41, 5.74) is 0.933. The highest BCUT2D eigenvalue weighted by molar-refractivity contribution is 5.91. The van der Waals surface area contributed by atoms with E-state index in [-0.39, 0.29) is 5.97 Å². The number of esters is 1. The number of hydrogen-bond acceptors (Lipinski definition) is 2. The van der Waals surface area contributed by atoms with Crippen molar-refractivity contribution in [3.63, 3.8) is 0 Å². The summed E-state index contributed by atoms with van der Waals surface area (Å²) in [6, 6.07) is 0. The Hall–Kier alpha value is -0.790. The molecule has 2 heteroatoms. The minimum Gasteiger partial charge on any atom is -0.463 e. The predicted octanol–water partition coefficient (Wildman–Crippen LogP) is 1.52. The number of allylic oxidation sites excluding steroid dienone is 1. The maximum atomic E-state index is 11.1. The SMILES string of the molecule is CCOC(=O)C1=CC2CCC12. The second-order valence-corrected chi connectivity index (χ2v) is 3.19. The first-order chi connectivity index (χ1) is 5.33. The topological polar surface area (TPSA) is 26.3 Å². The van der Waals surface area contributed by atoms with E-state index in [4.69, 9.17) is 4.74 Å². The van der Waals surface area contributed by atoms with Crippen molar-refractivity contribution in [1.29, 1.82) is 0 Å². The van der Waals surface area contributed by atoms with E-state index in [9.17, 15) is 4.79 Å². The molecule has 0 saturated heterocycles. The Balaban J connectivity index is 1.96. The molecule has 1 saturated carbocycles. The summed E-state index contributed by atoms with van der Waals surface area (Å²) in [6.45, 7) is 2.34. The molecule has 0 aromatic heterocycles. The first-order valence-corrected chi connectivity index (χ1v) is 4.21. The zero-order chi connectivity index (χ0) is 7.84. The van der Waals surface area contributed by atoms with Gasteiger partial charge in [-0.05, 0) is 31.6 Å². The molecule has 0 bridgehead atoms. The van der Waals surface area contributed by atoms with Crippen LogP contribution in [0.4, 0.5) is 0 Å². The molecule has 0 aromatic carbocycles. The maximum Gasteiger partial charge on any atom is 0.333 e. The van der Waals surface area contributed by atoms with Gasteiger partial charge in [0.2, 0.25) is 0 Å². The molecule has 2 unspecified atom stereocenters. The van der Waals surface area contributed by atoms with Crippen molar-refractivity contribution in [3.8, 4) is 0 Å². The van der Waals surface area contributed by atoms with Gasteiger partial charge in [-0.2, -0.15) is 0 Å². The Morgan fingerprint density at radius 2 is 2.55 bits per heavy atom. The van der Waals surface area contributed by atoms with Crippen LogP contribution >= 0.6 is 0 Å². The number of ether oxygens (including phenoxy) is 1. The summed E-state index contributed by atoms with van der Waals surface area (Å²) in [6.07, 6.45) is 4.52. The summed E-state index contributed by atoms with van der Waals surface area (Å²) in [5, 5.41) is 0. The average molecular weight is 152 g/mol. The summed E-state index contributed by atoms with van der Waals surface area (Å²) < 4.78 is 4.89. The predicted molar refractivity (Wildman–Crippen MR) is 40.9 cm³/mol. The quantitative estimate of drug-likeness (QED) is 0.561. The number of carbonyl (C=O) groups excluding carboxylic acids is 1. The molecule has 2 rings (SSSR count). The molecular formula is C9H12O2. The Kier molecular flexibility index (Phi) is 1.48. The number of carbonyl (C=O) groups is 1. The van der Waals surface area contributed by atoms with Crippen LogP contribution in [-0.2, 0) is 9.53 Å². The Morgan fingerprint density at radius 3 is 2.91 bits per heavy atom. The molecule has 0 aliphatic heterocycles. The van der Waals surface area contributed by atoms with E-state index in [1.165, 1.54) is 12.8 Å². The first kappa shape index (κ1) is 6.89. The van der Waals surface area contributed by atoms with Crippen LogP contribution in [0.25, 0.3) is 0 Å². The van der Waals surface area contributed by atoms with E-state index in [0.717, 1.165) is 11.5 Å². The lowest BCUT2D eigenvalue weighted by Gasteiger charge is -2.43. The van der Waals surface area contributed by atoms with E-state index in [2.05, 4.69) is 6.08 Å². The minimum absolute atomic E-state index is 0.0894. The molecule has 0 N–H and O–H groups in total. The van der Waals surface area contributed by atoms with E-state index in [1.54, 1.807) is 0 Å². The zero-order valence-corrected chi connectivity index (χ0v) is 6.67. The van der Waals surface area contributed by atoms with E-state index >= 15 is 0 Å². The molecule has 2 nitrogen and oxygen atoms in total. The van der Waals surface area contributed by atoms with Crippen LogP contribution in [0.15, 0.2) is 11.6 Å². The number of hydrogen-bond donors (Lipinski definition) is 0. The van der Waals surface area contributed by atoms with Crippen LogP contribution in [0.3, 0.4) is 0 Å². The molecular weight excluding hydrogens is 140 g/mol. The number of fused-ring (bicyclic) bond motifs is 1. The fourth-order valence-electron chi connectivity index (χ4n) is 1.78. The second-order valence-electron chi connectivity index (χ2n) is 3.19. The Bertz CT molecular complexity index is 218. The standard InChI is InChI=1S/C9H12O2/c1-2-11-9(10)8-5-6-3-4-7(6)8/h5-7H,2-4H2,1H3. The van der Waals surface area contributed by atoms with Crippen LogP contribution in [0.1, 0.15) is 19.8 Å². The van der Waals surface area contributed by atoms with Crippen LogP contribution in [0.2, 0.25) is 0 Å². The number of rotatable bonds is 2. The zero-order valence-electron chi connectivity index (χ0n) is 6.67. The first-order valence-electron chi connectivity index (χ1n) is 4.21. The van der Waals surface area contributed by atoms with Crippen molar-refractivity contribution < 1.29 is 9.53 Å². The molecule has 2 atom stereocenters. The second kappa shape index (κ2) is 2.36. The lowest BCUT2D eigenvalue weighted by molar-refractivity contribution is -0.140. The molecule has 2 aliphatic carbocycles. The highest BCUT2D eigenvalue weighted by Gasteiger charge is 2.43. The summed E-state index contributed by atoms with van der Waals surface area (Å²) in [4.78, 5) is 11.1. The van der Waals surface area contributed by atoms with Crippen molar-refractivity contribution in [2.45, 2.75) is 19.8 Å². The van der Waals surface area contributed by atoms with Gasteiger partial charge in [0.05, 0.1) is 6.61 Å². The van der Waals surface area contributed by atoms with Gasteiger partial charge in [0.15, 0.2) is 0 Å². The molecule has 0 spiro atoms. The highest BCUT2D eigenvalue weighted by Crippen LogP contribution is 2.49. The van der Waals surface area contributed by atoms with E-state index in [1.807, 2.05) is 6.92 Å². The highest BCUT2D eigenvalue weighted by atomic mass is 16.5. The molecule has 0 heterocycles. The van der Waals surface area contributed by atoms with Gasteiger partial charge in [0.1, 0.15) is 0 Å². The van der Waals surface area contributed by atoms with E-state index in [0.29, 0.717) is 12.5 Å². The molecule has 60 valence electrons. The fraction of sp³-hybridized carbons (Fsp3) is 0.667. The van der Waals surface area contributed by atoms with Gasteiger partial charge in [-0.3, -0.25) is 0 Å². The van der Waals surface area contributed by atoms with Gasteiger partial charge in [0, 0.05) is 5.57 Å². The van der Waals surface area contributed by atoms with Gasteiger partial charge in [-0.1, -0.05) is 6.08 Å². The normalized spacial score (nSPS) is 32.6. The molecule has 0 aromatic rings. The summed E-state index contributed by atoms with van der Waals surface area (Å²) in [5.74, 6) is 1.19. The summed E-state index contributed by atoms with van der Waals surface area (Å²) >= 11 is 0. The van der Waals surface area contributed by atoms with Crippen LogP contribution in [0.5, 0.6) is 0 Å². The van der Waals surface area contributed by atoms with Crippen LogP contribution < -0.4 is 0 Å². The van der Waals surface area contributed by atoms with Crippen molar-refractivity contribution in [2.24, 2.45) is 11.8 Å². The Morgan fingerprint density at radius 1 is 1.73 bits per heavy atom. The smallest absolute Gasteiger partial charge is 0.333 e. The molecule has 1 fully saturated rings. The molecule has 0 amide bonds. The van der Waals surface area contributed by atoms with Crippen molar-refractivity contribution >= 4 is 5.97 Å². The van der Waals surface area contributed by atoms with Gasteiger partial charge in [-0.15, -0.1) is 0 Å². The van der Waals surface area contributed by atoms with Gasteiger partial charge < -0.3 is 4.74 Å². The maximum absolute atomic E-state index is 11.1. The lowest BCUT2D eigenvalue weighted by Crippen LogP contribution is -2.38.